The molecule has 2 aromatic rings. The van der Waals surface area contributed by atoms with Crippen molar-refractivity contribution in [3.05, 3.63) is 58.6 Å². The zero-order valence-corrected chi connectivity index (χ0v) is 14.1. The van der Waals surface area contributed by atoms with E-state index in [2.05, 4.69) is 5.32 Å². The molecule has 0 atom stereocenters. The molecule has 0 radical (unpaired) electrons. The molecule has 0 aliphatic heterocycles. The second kappa shape index (κ2) is 7.29. The Hall–Kier alpha value is -2.33. The molecule has 4 nitrogen and oxygen atoms in total. The number of amides is 2. The van der Waals surface area contributed by atoms with Crippen LogP contribution in [0.3, 0.4) is 0 Å². The fourth-order valence-electron chi connectivity index (χ4n) is 2.24. The van der Waals surface area contributed by atoms with Crippen molar-refractivity contribution in [2.45, 2.75) is 20.8 Å². The molecule has 1 N–H and O–H groups in total. The Morgan fingerprint density at radius 1 is 1.13 bits per heavy atom. The number of hydrogen-bond acceptors (Lipinski definition) is 2. The molecule has 0 saturated carbocycles. The maximum Gasteiger partial charge on any atom is 0.244 e. The van der Waals surface area contributed by atoms with E-state index in [-0.39, 0.29) is 18.4 Å². The fourth-order valence-corrected chi connectivity index (χ4v) is 2.48. The van der Waals surface area contributed by atoms with Gasteiger partial charge in [-0.15, -0.1) is 0 Å². The lowest BCUT2D eigenvalue weighted by atomic mass is 10.1. The van der Waals surface area contributed by atoms with Crippen LogP contribution in [0.15, 0.2) is 42.5 Å². The van der Waals surface area contributed by atoms with Crippen LogP contribution >= 0.6 is 11.6 Å². The van der Waals surface area contributed by atoms with Crippen LogP contribution in [-0.2, 0) is 9.59 Å². The lowest BCUT2D eigenvalue weighted by Gasteiger charge is -2.22. The van der Waals surface area contributed by atoms with E-state index in [4.69, 9.17) is 11.6 Å². The van der Waals surface area contributed by atoms with Crippen molar-refractivity contribution in [1.29, 1.82) is 0 Å². The Morgan fingerprint density at radius 2 is 1.83 bits per heavy atom. The molecular formula is C18H19ClN2O2. The summed E-state index contributed by atoms with van der Waals surface area (Å²) in [5.41, 5.74) is 3.30. The van der Waals surface area contributed by atoms with Crippen molar-refractivity contribution >= 4 is 34.8 Å². The van der Waals surface area contributed by atoms with Crippen LogP contribution in [0.4, 0.5) is 11.4 Å². The van der Waals surface area contributed by atoms with E-state index in [9.17, 15) is 9.59 Å². The number of aryl methyl sites for hydroxylation is 2. The molecular weight excluding hydrogens is 312 g/mol. The zero-order chi connectivity index (χ0) is 17.0. The lowest BCUT2D eigenvalue weighted by Crippen LogP contribution is -2.37. The highest BCUT2D eigenvalue weighted by Crippen LogP contribution is 2.25. The van der Waals surface area contributed by atoms with Gasteiger partial charge in [0.25, 0.3) is 0 Å². The van der Waals surface area contributed by atoms with E-state index in [0.29, 0.717) is 10.7 Å². The molecule has 0 spiro atoms. The molecule has 0 aliphatic rings. The molecule has 0 aliphatic carbocycles. The predicted octanol–water partition coefficient (Wildman–Crippen LogP) is 3.95. The van der Waals surface area contributed by atoms with Crippen LogP contribution in [0.5, 0.6) is 0 Å². The highest BCUT2D eigenvalue weighted by molar-refractivity contribution is 6.33. The number of anilines is 2. The van der Waals surface area contributed by atoms with Gasteiger partial charge in [0.2, 0.25) is 11.8 Å². The summed E-state index contributed by atoms with van der Waals surface area (Å²) in [5, 5.41) is 3.28. The summed E-state index contributed by atoms with van der Waals surface area (Å²) >= 11 is 6.13. The minimum absolute atomic E-state index is 0.0908. The molecule has 0 heterocycles. The van der Waals surface area contributed by atoms with Crippen LogP contribution in [-0.4, -0.2) is 18.4 Å². The van der Waals surface area contributed by atoms with E-state index < -0.39 is 0 Å². The summed E-state index contributed by atoms with van der Waals surface area (Å²) in [6, 6.07) is 12.8. The second-order valence-electron chi connectivity index (χ2n) is 5.42. The Labute approximate surface area is 141 Å². The Balaban J connectivity index is 2.18. The number of nitrogens with zero attached hydrogens (tertiary/aromatic N) is 1. The molecule has 0 bridgehead atoms. The predicted molar refractivity (Wildman–Crippen MR) is 94.0 cm³/mol. The van der Waals surface area contributed by atoms with Crippen LogP contribution in [0.25, 0.3) is 0 Å². The summed E-state index contributed by atoms with van der Waals surface area (Å²) in [7, 11) is 0. The standard InChI is InChI=1S/C18H19ClN2O2/c1-12-8-9-13(2)16(10-12)20-18(23)11-21(14(3)22)17-7-5-4-6-15(17)19/h4-10H,11H2,1-3H3,(H,20,23). The third-order valence-electron chi connectivity index (χ3n) is 3.49. The molecule has 2 rings (SSSR count). The van der Waals surface area contributed by atoms with Crippen LogP contribution in [0, 0.1) is 13.8 Å². The number of nitrogens with one attached hydrogen (secondary N) is 1. The number of benzene rings is 2. The summed E-state index contributed by atoms with van der Waals surface area (Å²) < 4.78 is 0. The monoisotopic (exact) mass is 330 g/mol. The van der Waals surface area contributed by atoms with Gasteiger partial charge >= 0.3 is 0 Å². The van der Waals surface area contributed by atoms with Gasteiger partial charge in [-0.3, -0.25) is 9.59 Å². The van der Waals surface area contributed by atoms with Crippen molar-refractivity contribution in [3.63, 3.8) is 0 Å². The van der Waals surface area contributed by atoms with E-state index in [1.807, 2.05) is 32.0 Å². The number of rotatable bonds is 4. The maximum atomic E-state index is 12.3. The van der Waals surface area contributed by atoms with E-state index in [1.54, 1.807) is 24.3 Å². The van der Waals surface area contributed by atoms with Gasteiger partial charge in [-0.1, -0.05) is 35.9 Å². The second-order valence-corrected chi connectivity index (χ2v) is 5.83. The summed E-state index contributed by atoms with van der Waals surface area (Å²) in [5.74, 6) is -0.511. The van der Waals surface area contributed by atoms with Crippen molar-refractivity contribution < 1.29 is 9.59 Å². The molecule has 5 heteroatoms. The lowest BCUT2D eigenvalue weighted by molar-refractivity contribution is -0.120. The van der Waals surface area contributed by atoms with E-state index >= 15 is 0 Å². The summed E-state index contributed by atoms with van der Waals surface area (Å²) in [6.07, 6.45) is 0. The Bertz CT molecular complexity index is 744. The number of hydrogen-bond donors (Lipinski definition) is 1. The molecule has 0 fully saturated rings. The minimum atomic E-state index is -0.270. The van der Waals surface area contributed by atoms with Crippen LogP contribution in [0.2, 0.25) is 5.02 Å². The topological polar surface area (TPSA) is 49.4 Å². The molecule has 0 unspecified atom stereocenters. The first kappa shape index (κ1) is 17.0. The first-order chi connectivity index (χ1) is 10.9. The SMILES string of the molecule is CC(=O)N(CC(=O)Nc1cc(C)ccc1C)c1ccccc1Cl. The van der Waals surface area contributed by atoms with E-state index in [0.717, 1.165) is 16.8 Å². The Kier molecular flexibility index (Phi) is 5.40. The van der Waals surface area contributed by atoms with Gasteiger partial charge in [0.15, 0.2) is 0 Å². The molecule has 2 aromatic carbocycles. The molecule has 23 heavy (non-hydrogen) atoms. The average Bonchev–Trinajstić information content (AvgIpc) is 2.49. The number of carbonyl (C=O) groups excluding carboxylic acids is 2. The average molecular weight is 331 g/mol. The molecule has 120 valence electrons. The van der Waals surface area contributed by atoms with Gasteiger partial charge in [0.05, 0.1) is 10.7 Å². The molecule has 0 aromatic heterocycles. The number of carbonyl (C=O) groups is 2. The van der Waals surface area contributed by atoms with Gasteiger partial charge in [0.1, 0.15) is 6.54 Å². The minimum Gasteiger partial charge on any atom is -0.324 e. The first-order valence-electron chi connectivity index (χ1n) is 7.28. The van der Waals surface area contributed by atoms with Crippen molar-refractivity contribution in [2.75, 3.05) is 16.8 Å². The molecule has 2 amide bonds. The third kappa shape index (κ3) is 4.33. The maximum absolute atomic E-state index is 12.3. The quantitative estimate of drug-likeness (QED) is 0.922. The normalized spacial score (nSPS) is 10.3. The van der Waals surface area contributed by atoms with Crippen molar-refractivity contribution in [2.24, 2.45) is 0 Å². The van der Waals surface area contributed by atoms with Gasteiger partial charge in [0, 0.05) is 12.6 Å². The zero-order valence-electron chi connectivity index (χ0n) is 13.4. The highest BCUT2D eigenvalue weighted by atomic mass is 35.5. The Morgan fingerprint density at radius 3 is 2.48 bits per heavy atom. The van der Waals surface area contributed by atoms with E-state index in [1.165, 1.54) is 11.8 Å². The fraction of sp³-hybridized carbons (Fsp3) is 0.222. The summed E-state index contributed by atoms with van der Waals surface area (Å²) in [6.45, 7) is 5.20. The van der Waals surface area contributed by atoms with Gasteiger partial charge in [-0.05, 0) is 43.2 Å². The first-order valence-corrected chi connectivity index (χ1v) is 7.66. The van der Waals surface area contributed by atoms with Crippen LogP contribution in [0.1, 0.15) is 18.1 Å². The van der Waals surface area contributed by atoms with Crippen LogP contribution < -0.4 is 10.2 Å². The smallest absolute Gasteiger partial charge is 0.244 e. The van der Waals surface area contributed by atoms with Gasteiger partial charge in [-0.25, -0.2) is 0 Å². The number of halogens is 1. The largest absolute Gasteiger partial charge is 0.324 e. The molecule has 0 saturated heterocycles. The third-order valence-corrected chi connectivity index (χ3v) is 3.81. The van der Waals surface area contributed by atoms with Gasteiger partial charge in [-0.2, -0.15) is 0 Å². The van der Waals surface area contributed by atoms with Gasteiger partial charge < -0.3 is 10.2 Å². The van der Waals surface area contributed by atoms with Crippen molar-refractivity contribution in [1.82, 2.24) is 0 Å². The number of para-hydroxylation sites is 1. The summed E-state index contributed by atoms with van der Waals surface area (Å²) in [4.78, 5) is 25.6. The van der Waals surface area contributed by atoms with Crippen molar-refractivity contribution in [3.8, 4) is 0 Å². The highest BCUT2D eigenvalue weighted by Gasteiger charge is 2.18.